The van der Waals surface area contributed by atoms with Gasteiger partial charge in [0.25, 0.3) is 0 Å². The number of benzene rings is 2. The smallest absolute Gasteiger partial charge is 0.245 e. The third-order valence-electron chi connectivity index (χ3n) is 3.73. The summed E-state index contributed by atoms with van der Waals surface area (Å²) in [5, 5.41) is 2.67. The van der Waals surface area contributed by atoms with Crippen molar-refractivity contribution >= 4 is 21.6 Å². The second kappa shape index (κ2) is 8.99. The maximum Gasteiger partial charge on any atom is 0.245 e. The molecule has 0 aromatic heterocycles. The number of nitrogens with one attached hydrogen (secondary N) is 2. The van der Waals surface area contributed by atoms with E-state index in [-0.39, 0.29) is 5.75 Å². The molecule has 0 aliphatic rings. The summed E-state index contributed by atoms with van der Waals surface area (Å²) in [6, 6.07) is 11.8. The molecule has 2 N–H and O–H groups in total. The Bertz CT molecular complexity index is 924. The van der Waals surface area contributed by atoms with Crippen LogP contribution in [0.4, 0.5) is 10.1 Å². The average Bonchev–Trinajstić information content (AvgIpc) is 2.62. The van der Waals surface area contributed by atoms with Gasteiger partial charge in [-0.25, -0.2) is 12.8 Å². The van der Waals surface area contributed by atoms with Crippen LogP contribution >= 0.6 is 0 Å². The van der Waals surface area contributed by atoms with Crippen LogP contribution < -0.4 is 14.8 Å². The summed E-state index contributed by atoms with van der Waals surface area (Å²) in [5.41, 5.74) is -0.473. The van der Waals surface area contributed by atoms with Gasteiger partial charge in [0.2, 0.25) is 15.9 Å². The summed E-state index contributed by atoms with van der Waals surface area (Å²) in [4.78, 5) is 12.5. The lowest BCUT2D eigenvalue weighted by atomic mass is 10.1. The maximum atomic E-state index is 13.0. The minimum absolute atomic E-state index is 0.362. The van der Waals surface area contributed by atoms with Gasteiger partial charge in [0.1, 0.15) is 23.7 Å². The van der Waals surface area contributed by atoms with Gasteiger partial charge in [0.15, 0.2) is 0 Å². The molecule has 0 heterocycles. The van der Waals surface area contributed by atoms with E-state index in [0.717, 1.165) is 0 Å². The van der Waals surface area contributed by atoms with Crippen molar-refractivity contribution in [3.8, 4) is 5.75 Å². The van der Waals surface area contributed by atoms with Crippen molar-refractivity contribution in [1.29, 1.82) is 0 Å². The number of amides is 1. The first kappa shape index (κ1) is 21.6. The Morgan fingerprint density at radius 3 is 2.32 bits per heavy atom. The topological polar surface area (TPSA) is 84.5 Å². The molecular formula is C20H23FN2O4S. The van der Waals surface area contributed by atoms with E-state index in [0.29, 0.717) is 23.6 Å². The van der Waals surface area contributed by atoms with Crippen LogP contribution in [0.2, 0.25) is 0 Å². The quantitative estimate of drug-likeness (QED) is 0.626. The van der Waals surface area contributed by atoms with Gasteiger partial charge < -0.3 is 10.1 Å². The summed E-state index contributed by atoms with van der Waals surface area (Å²) >= 11 is 0. The molecule has 2 aromatic rings. The highest BCUT2D eigenvalue weighted by molar-refractivity contribution is 7.88. The fraction of sp³-hybridized carbons (Fsp3) is 0.250. The zero-order valence-electron chi connectivity index (χ0n) is 15.7. The molecule has 28 heavy (non-hydrogen) atoms. The number of rotatable bonds is 9. The van der Waals surface area contributed by atoms with Crippen LogP contribution in [-0.2, 0) is 20.6 Å². The van der Waals surface area contributed by atoms with E-state index in [4.69, 9.17) is 4.74 Å². The van der Waals surface area contributed by atoms with Gasteiger partial charge in [0.05, 0.1) is 5.75 Å². The molecule has 0 saturated carbocycles. The van der Waals surface area contributed by atoms with Crippen LogP contribution in [0.3, 0.4) is 0 Å². The van der Waals surface area contributed by atoms with Gasteiger partial charge in [-0.05, 0) is 55.8 Å². The molecule has 8 heteroatoms. The van der Waals surface area contributed by atoms with Crippen molar-refractivity contribution in [3.05, 3.63) is 72.6 Å². The monoisotopic (exact) mass is 406 g/mol. The van der Waals surface area contributed by atoms with E-state index < -0.39 is 27.3 Å². The molecule has 0 aliphatic heterocycles. The summed E-state index contributed by atoms with van der Waals surface area (Å²) in [5.74, 6) is -0.707. The summed E-state index contributed by atoms with van der Waals surface area (Å²) in [7, 11) is -3.82. The molecule has 0 spiro atoms. The van der Waals surface area contributed by atoms with Crippen molar-refractivity contribution < 1.29 is 22.3 Å². The highest BCUT2D eigenvalue weighted by Gasteiger charge is 2.32. The second-order valence-corrected chi connectivity index (χ2v) is 8.41. The van der Waals surface area contributed by atoms with Gasteiger partial charge in [-0.15, -0.1) is 0 Å². The number of carbonyl (C=O) groups excluding carboxylic acids is 1. The minimum Gasteiger partial charge on any atom is -0.490 e. The van der Waals surface area contributed by atoms with E-state index in [1.54, 1.807) is 30.3 Å². The second-order valence-electron chi connectivity index (χ2n) is 6.69. The van der Waals surface area contributed by atoms with Crippen LogP contribution in [0.15, 0.2) is 61.2 Å². The third-order valence-corrected chi connectivity index (χ3v) is 5.26. The molecule has 2 aromatic carbocycles. The van der Waals surface area contributed by atoms with E-state index in [1.165, 1.54) is 38.1 Å². The van der Waals surface area contributed by atoms with Crippen LogP contribution in [0.5, 0.6) is 5.75 Å². The van der Waals surface area contributed by atoms with Crippen LogP contribution in [0, 0.1) is 5.82 Å². The normalized spacial score (nSPS) is 11.7. The Morgan fingerprint density at radius 1 is 1.14 bits per heavy atom. The third kappa shape index (κ3) is 6.47. The largest absolute Gasteiger partial charge is 0.490 e. The molecule has 0 unspecified atom stereocenters. The van der Waals surface area contributed by atoms with Crippen molar-refractivity contribution in [3.63, 3.8) is 0 Å². The Balaban J connectivity index is 2.00. The predicted molar refractivity (Wildman–Crippen MR) is 107 cm³/mol. The fourth-order valence-corrected chi connectivity index (χ4v) is 3.92. The van der Waals surface area contributed by atoms with Crippen molar-refractivity contribution in [2.75, 3.05) is 11.9 Å². The molecular weight excluding hydrogens is 383 g/mol. The highest BCUT2D eigenvalue weighted by Crippen LogP contribution is 2.18. The number of carbonyl (C=O) groups is 1. The lowest BCUT2D eigenvalue weighted by Gasteiger charge is -2.25. The Labute approximate surface area is 164 Å². The highest BCUT2D eigenvalue weighted by atomic mass is 32.2. The number of halogens is 1. The maximum absolute atomic E-state index is 13.0. The Hall–Kier alpha value is -2.71. The predicted octanol–water partition coefficient (Wildman–Crippen LogP) is 3.23. The number of ether oxygens (including phenoxy) is 1. The lowest BCUT2D eigenvalue weighted by Crippen LogP contribution is -2.52. The number of hydrogen-bond acceptors (Lipinski definition) is 4. The minimum atomic E-state index is -3.82. The number of hydrogen-bond donors (Lipinski definition) is 2. The van der Waals surface area contributed by atoms with Crippen LogP contribution in [0.25, 0.3) is 0 Å². The van der Waals surface area contributed by atoms with Crippen molar-refractivity contribution in [2.45, 2.75) is 25.1 Å². The summed E-state index contributed by atoms with van der Waals surface area (Å²) in [6.07, 6.45) is 1.62. The molecule has 0 saturated heterocycles. The summed E-state index contributed by atoms with van der Waals surface area (Å²) < 4.78 is 45.5. The number of sulfonamides is 1. The van der Waals surface area contributed by atoms with E-state index in [9.17, 15) is 17.6 Å². The molecule has 0 atom stereocenters. The Kier molecular flexibility index (Phi) is 6.93. The molecule has 0 fully saturated rings. The molecule has 150 valence electrons. The van der Waals surface area contributed by atoms with Gasteiger partial charge in [-0.1, -0.05) is 24.8 Å². The lowest BCUT2D eigenvalue weighted by molar-refractivity contribution is -0.120. The SMILES string of the molecule is C=CCOc1ccc(NC(=O)C(C)(C)NS(=O)(=O)Cc2ccc(F)cc2)cc1. The fourth-order valence-electron chi connectivity index (χ4n) is 2.35. The first-order valence-electron chi connectivity index (χ1n) is 8.52. The van der Waals surface area contributed by atoms with Gasteiger partial charge in [0, 0.05) is 5.69 Å². The van der Waals surface area contributed by atoms with Crippen LogP contribution in [0.1, 0.15) is 19.4 Å². The van der Waals surface area contributed by atoms with E-state index in [1.807, 2.05) is 0 Å². The first-order chi connectivity index (χ1) is 13.1. The van der Waals surface area contributed by atoms with Crippen LogP contribution in [-0.4, -0.2) is 26.5 Å². The molecule has 0 radical (unpaired) electrons. The van der Waals surface area contributed by atoms with Gasteiger partial charge in [-0.3, -0.25) is 4.79 Å². The van der Waals surface area contributed by atoms with E-state index >= 15 is 0 Å². The zero-order valence-corrected chi connectivity index (χ0v) is 16.6. The molecule has 0 bridgehead atoms. The average molecular weight is 406 g/mol. The standard InChI is InChI=1S/C20H23FN2O4S/c1-4-13-27-18-11-9-17(10-12-18)22-19(24)20(2,3)23-28(25,26)14-15-5-7-16(21)8-6-15/h4-12,23H,1,13-14H2,2-3H3,(H,22,24). The molecule has 1 amide bonds. The number of anilines is 1. The Morgan fingerprint density at radius 2 is 1.75 bits per heavy atom. The van der Waals surface area contributed by atoms with Gasteiger partial charge in [-0.2, -0.15) is 4.72 Å². The first-order valence-corrected chi connectivity index (χ1v) is 10.2. The molecule has 0 aliphatic carbocycles. The molecule has 6 nitrogen and oxygen atoms in total. The van der Waals surface area contributed by atoms with Crippen molar-refractivity contribution in [2.24, 2.45) is 0 Å². The zero-order chi connectivity index (χ0) is 20.8. The van der Waals surface area contributed by atoms with E-state index in [2.05, 4.69) is 16.6 Å². The van der Waals surface area contributed by atoms with Gasteiger partial charge >= 0.3 is 0 Å². The molecule has 2 rings (SSSR count). The summed E-state index contributed by atoms with van der Waals surface area (Å²) in [6.45, 7) is 6.86. The van der Waals surface area contributed by atoms with Crippen molar-refractivity contribution in [1.82, 2.24) is 4.72 Å².